The molecule has 0 aliphatic heterocycles. The van der Waals surface area contributed by atoms with Gasteiger partial charge in [-0.25, -0.2) is 0 Å². The number of benzene rings is 2. The molecule has 8 heteroatoms. The van der Waals surface area contributed by atoms with Crippen LogP contribution in [0, 0.1) is 10.8 Å². The van der Waals surface area contributed by atoms with Crippen molar-refractivity contribution in [1.29, 1.82) is 10.8 Å². The van der Waals surface area contributed by atoms with Crippen molar-refractivity contribution in [1.82, 2.24) is 9.55 Å². The van der Waals surface area contributed by atoms with Crippen molar-refractivity contribution < 1.29 is 10.2 Å². The lowest BCUT2D eigenvalue weighted by Crippen LogP contribution is -2.35. The standard InChI is InChI=1S/C26H27N5O2S/c1-16(2)20-13-21(24(33)14-23(20)32)25(27)31(26(28)34-15-18-6-4-5-10-29-18)19-7-8-22-17(12-19)9-11-30(22)3/h4-14,16,27-28,32-33H,15H2,1-3H3. The largest absolute Gasteiger partial charge is 0.508 e. The van der Waals surface area contributed by atoms with Crippen LogP contribution in [0.3, 0.4) is 0 Å². The van der Waals surface area contributed by atoms with E-state index in [1.54, 1.807) is 12.3 Å². The molecule has 0 amide bonds. The second-order valence-electron chi connectivity index (χ2n) is 8.35. The molecule has 174 valence electrons. The number of rotatable bonds is 5. The van der Waals surface area contributed by atoms with Gasteiger partial charge >= 0.3 is 0 Å². The zero-order valence-electron chi connectivity index (χ0n) is 19.3. The number of fused-ring (bicyclic) bond motifs is 1. The summed E-state index contributed by atoms with van der Waals surface area (Å²) in [6, 6.07) is 16.3. The summed E-state index contributed by atoms with van der Waals surface area (Å²) < 4.78 is 2.01. The maximum absolute atomic E-state index is 10.6. The van der Waals surface area contributed by atoms with Crippen LogP contribution < -0.4 is 4.90 Å². The molecule has 0 atom stereocenters. The van der Waals surface area contributed by atoms with Gasteiger partial charge in [0.15, 0.2) is 5.17 Å². The minimum atomic E-state index is -0.208. The molecule has 0 aliphatic rings. The number of aromatic hydroxyl groups is 2. The number of hydrogen-bond donors (Lipinski definition) is 4. The Morgan fingerprint density at radius 2 is 1.85 bits per heavy atom. The zero-order chi connectivity index (χ0) is 24.4. The van der Waals surface area contributed by atoms with E-state index in [4.69, 9.17) is 10.8 Å². The number of nitrogens with one attached hydrogen (secondary N) is 2. The number of anilines is 1. The molecule has 34 heavy (non-hydrogen) atoms. The van der Waals surface area contributed by atoms with Crippen LogP contribution in [0.1, 0.15) is 36.6 Å². The topological polar surface area (TPSA) is 109 Å². The van der Waals surface area contributed by atoms with E-state index < -0.39 is 0 Å². The Labute approximate surface area is 202 Å². The maximum Gasteiger partial charge on any atom is 0.167 e. The van der Waals surface area contributed by atoms with Crippen molar-refractivity contribution in [3.63, 3.8) is 0 Å². The summed E-state index contributed by atoms with van der Waals surface area (Å²) in [6.45, 7) is 3.87. The Bertz CT molecular complexity index is 1360. The van der Waals surface area contributed by atoms with E-state index in [0.29, 0.717) is 17.0 Å². The summed E-state index contributed by atoms with van der Waals surface area (Å²) in [5.74, 6) is 0.198. The first-order valence-electron chi connectivity index (χ1n) is 10.9. The minimum absolute atomic E-state index is 0.000694. The molecule has 0 spiro atoms. The predicted molar refractivity (Wildman–Crippen MR) is 139 cm³/mol. The lowest BCUT2D eigenvalue weighted by molar-refractivity contribution is 0.443. The minimum Gasteiger partial charge on any atom is -0.508 e. The van der Waals surface area contributed by atoms with E-state index >= 15 is 0 Å². The van der Waals surface area contributed by atoms with Gasteiger partial charge in [0.05, 0.1) is 16.9 Å². The first-order valence-corrected chi connectivity index (χ1v) is 11.9. The SMILES string of the molecule is CC(C)c1cc(C(=N)N(C(=N)SCc2ccccn2)c2ccc3c(ccn3C)c2)c(O)cc1O. The van der Waals surface area contributed by atoms with E-state index in [1.165, 1.54) is 22.7 Å². The quantitative estimate of drug-likeness (QED) is 0.216. The Hall–Kier alpha value is -3.78. The number of amidine groups is 2. The first kappa shape index (κ1) is 23.4. The van der Waals surface area contributed by atoms with Crippen molar-refractivity contribution in [2.75, 3.05) is 4.90 Å². The van der Waals surface area contributed by atoms with E-state index in [2.05, 4.69) is 4.98 Å². The number of aromatic nitrogens is 2. The van der Waals surface area contributed by atoms with Crippen LogP contribution in [-0.4, -0.2) is 30.8 Å². The zero-order valence-corrected chi connectivity index (χ0v) is 20.1. The summed E-state index contributed by atoms with van der Waals surface area (Å²) in [7, 11) is 1.97. The number of hydrogen-bond acceptors (Lipinski definition) is 6. The fourth-order valence-corrected chi connectivity index (χ4v) is 4.59. The molecule has 0 bridgehead atoms. The molecule has 0 radical (unpaired) electrons. The highest BCUT2D eigenvalue weighted by Gasteiger charge is 2.24. The van der Waals surface area contributed by atoms with Crippen molar-refractivity contribution >= 4 is 39.4 Å². The Morgan fingerprint density at radius 3 is 2.56 bits per heavy atom. The molecular formula is C26H27N5O2S. The van der Waals surface area contributed by atoms with E-state index in [9.17, 15) is 10.2 Å². The number of nitrogens with zero attached hydrogens (tertiary/aromatic N) is 3. The summed E-state index contributed by atoms with van der Waals surface area (Å²) in [5.41, 5.74) is 3.39. The second-order valence-corrected chi connectivity index (χ2v) is 9.32. The third kappa shape index (κ3) is 4.63. The van der Waals surface area contributed by atoms with Crippen LogP contribution in [0.5, 0.6) is 11.5 Å². The van der Waals surface area contributed by atoms with Crippen LogP contribution in [0.2, 0.25) is 0 Å². The smallest absolute Gasteiger partial charge is 0.167 e. The molecule has 4 aromatic rings. The van der Waals surface area contributed by atoms with Crippen LogP contribution in [0.25, 0.3) is 10.9 Å². The van der Waals surface area contributed by atoms with Gasteiger partial charge in [0.1, 0.15) is 17.3 Å². The number of phenols is 2. The van der Waals surface area contributed by atoms with Crippen molar-refractivity contribution in [3.8, 4) is 11.5 Å². The third-order valence-electron chi connectivity index (χ3n) is 5.66. The lowest BCUT2D eigenvalue weighted by atomic mass is 9.98. The van der Waals surface area contributed by atoms with Gasteiger partial charge in [-0.15, -0.1) is 0 Å². The molecule has 2 aromatic heterocycles. The second kappa shape index (κ2) is 9.61. The molecule has 7 nitrogen and oxygen atoms in total. The van der Waals surface area contributed by atoms with E-state index in [0.717, 1.165) is 16.6 Å². The third-order valence-corrected chi connectivity index (χ3v) is 6.55. The Balaban J connectivity index is 1.75. The van der Waals surface area contributed by atoms with Crippen LogP contribution in [0.15, 0.2) is 67.0 Å². The van der Waals surface area contributed by atoms with Crippen LogP contribution >= 0.6 is 11.8 Å². The van der Waals surface area contributed by atoms with Crippen LogP contribution in [0.4, 0.5) is 5.69 Å². The highest BCUT2D eigenvalue weighted by atomic mass is 32.2. The van der Waals surface area contributed by atoms with Crippen molar-refractivity contribution in [2.45, 2.75) is 25.5 Å². The molecular weight excluding hydrogens is 446 g/mol. The van der Waals surface area contributed by atoms with Gasteiger partial charge in [-0.1, -0.05) is 31.7 Å². The van der Waals surface area contributed by atoms with Gasteiger partial charge in [0.2, 0.25) is 0 Å². The van der Waals surface area contributed by atoms with Gasteiger partial charge in [-0.3, -0.25) is 20.7 Å². The lowest BCUT2D eigenvalue weighted by Gasteiger charge is -2.26. The average molecular weight is 474 g/mol. The van der Waals surface area contributed by atoms with Gasteiger partial charge in [-0.05, 0) is 53.9 Å². The fourth-order valence-electron chi connectivity index (χ4n) is 3.81. The van der Waals surface area contributed by atoms with Gasteiger partial charge < -0.3 is 14.8 Å². The molecule has 0 saturated carbocycles. The summed E-state index contributed by atoms with van der Waals surface area (Å²) in [5, 5.41) is 39.9. The van der Waals surface area contributed by atoms with E-state index in [1.807, 2.05) is 74.1 Å². The molecule has 0 aliphatic carbocycles. The number of phenolic OH excluding ortho intramolecular Hbond substituents is 2. The number of aryl methyl sites for hydroxylation is 1. The average Bonchev–Trinajstić information content (AvgIpc) is 3.18. The molecule has 2 heterocycles. The summed E-state index contributed by atoms with van der Waals surface area (Å²) in [4.78, 5) is 5.83. The first-order chi connectivity index (χ1) is 16.3. The molecule has 4 rings (SSSR count). The summed E-state index contributed by atoms with van der Waals surface area (Å²) >= 11 is 1.26. The van der Waals surface area contributed by atoms with Crippen LogP contribution in [-0.2, 0) is 12.8 Å². The summed E-state index contributed by atoms with van der Waals surface area (Å²) in [6.07, 6.45) is 3.68. The van der Waals surface area contributed by atoms with Gasteiger partial charge in [-0.2, -0.15) is 0 Å². The Kier molecular flexibility index (Phi) is 6.61. The molecule has 0 fully saturated rings. The van der Waals surface area contributed by atoms with Crippen molar-refractivity contribution in [3.05, 3.63) is 83.8 Å². The fraction of sp³-hybridized carbons (Fsp3) is 0.192. The normalized spacial score (nSPS) is 11.2. The highest BCUT2D eigenvalue weighted by Crippen LogP contribution is 2.35. The monoisotopic (exact) mass is 473 g/mol. The van der Waals surface area contributed by atoms with E-state index in [-0.39, 0.29) is 34.0 Å². The predicted octanol–water partition coefficient (Wildman–Crippen LogP) is 5.81. The highest BCUT2D eigenvalue weighted by molar-refractivity contribution is 8.13. The number of pyridine rings is 1. The maximum atomic E-state index is 10.6. The molecule has 0 saturated heterocycles. The molecule has 4 N–H and O–H groups in total. The molecule has 2 aromatic carbocycles. The number of thioether (sulfide) groups is 1. The van der Waals surface area contributed by atoms with Gasteiger partial charge in [0.25, 0.3) is 0 Å². The van der Waals surface area contributed by atoms with Crippen molar-refractivity contribution in [2.24, 2.45) is 7.05 Å². The van der Waals surface area contributed by atoms with Gasteiger partial charge in [0, 0.05) is 42.2 Å². The Morgan fingerprint density at radius 1 is 1.06 bits per heavy atom. The molecule has 0 unspecified atom stereocenters.